The van der Waals surface area contributed by atoms with Gasteiger partial charge in [-0.2, -0.15) is 0 Å². The van der Waals surface area contributed by atoms with Crippen LogP contribution in [0.1, 0.15) is 35.6 Å². The van der Waals surface area contributed by atoms with Crippen LogP contribution in [0.3, 0.4) is 0 Å². The van der Waals surface area contributed by atoms with E-state index in [9.17, 15) is 13.2 Å². The van der Waals surface area contributed by atoms with Crippen molar-refractivity contribution in [2.24, 2.45) is 4.99 Å². The van der Waals surface area contributed by atoms with Crippen molar-refractivity contribution in [3.8, 4) is 17.2 Å². The number of methoxy groups -OCH3 is 2. The van der Waals surface area contributed by atoms with E-state index >= 15 is 0 Å². The van der Waals surface area contributed by atoms with E-state index in [1.165, 1.54) is 12.1 Å². The third kappa shape index (κ3) is 8.79. The molecular weight excluding hydrogens is 714 g/mol. The van der Waals surface area contributed by atoms with Gasteiger partial charge in [0.05, 0.1) is 31.5 Å². The lowest BCUT2D eigenvalue weighted by Gasteiger charge is -2.30. The molecule has 13 heteroatoms. The Labute approximate surface area is 294 Å². The molecule has 1 amide bonds. The lowest BCUT2D eigenvalue weighted by molar-refractivity contribution is -0.130. The van der Waals surface area contributed by atoms with Crippen LogP contribution in [0.25, 0.3) is 0 Å². The number of aliphatic hydroxyl groups excluding tert-OH is 1. The number of sulfone groups is 1. The van der Waals surface area contributed by atoms with Crippen molar-refractivity contribution in [2.75, 3.05) is 33.2 Å². The third-order valence-electron chi connectivity index (χ3n) is 7.96. The molecule has 258 valence electrons. The smallest absolute Gasteiger partial charge is 0.266 e. The van der Waals surface area contributed by atoms with Crippen LogP contribution >= 0.6 is 15.9 Å². The van der Waals surface area contributed by atoms with Crippen LogP contribution < -0.4 is 25.1 Å². The van der Waals surface area contributed by atoms with Crippen molar-refractivity contribution in [1.29, 1.82) is 0 Å². The molecule has 0 saturated heterocycles. The van der Waals surface area contributed by atoms with Crippen molar-refractivity contribution < 1.29 is 37.3 Å². The highest BCUT2D eigenvalue weighted by molar-refractivity contribution is 9.10. The zero-order valence-electron chi connectivity index (χ0n) is 27.1. The van der Waals surface area contributed by atoms with Crippen molar-refractivity contribution >= 4 is 37.6 Å². The SMILES string of the molecule is COc1cc(CNNC(=O)[C@@]2(CCS(=O)(=O)c3ccccc3)N=C(c3ccc(OCCCO)cc3)O[C@H]2c2ccc(Br)cc2)cc(OC)c1. The number of hydrogen-bond donors (Lipinski definition) is 3. The first-order valence-electron chi connectivity index (χ1n) is 15.6. The molecule has 1 aliphatic rings. The summed E-state index contributed by atoms with van der Waals surface area (Å²) in [5, 5.41) is 9.07. The van der Waals surface area contributed by atoms with E-state index < -0.39 is 27.4 Å². The second-order valence-electron chi connectivity index (χ2n) is 11.3. The van der Waals surface area contributed by atoms with Gasteiger partial charge in [-0.15, -0.1) is 0 Å². The number of nitrogens with zero attached hydrogens (tertiary/aromatic N) is 1. The van der Waals surface area contributed by atoms with Crippen molar-refractivity contribution in [3.63, 3.8) is 0 Å². The first-order chi connectivity index (χ1) is 23.7. The fourth-order valence-corrected chi connectivity index (χ4v) is 7.00. The highest BCUT2D eigenvalue weighted by Crippen LogP contribution is 2.43. The number of carbonyl (C=O) groups excluding carboxylic acids is 1. The number of ether oxygens (including phenoxy) is 4. The van der Waals surface area contributed by atoms with E-state index in [0.29, 0.717) is 41.4 Å². The molecule has 0 bridgehead atoms. The molecule has 49 heavy (non-hydrogen) atoms. The molecule has 1 heterocycles. The summed E-state index contributed by atoms with van der Waals surface area (Å²) in [5.41, 5.74) is 6.05. The van der Waals surface area contributed by atoms with Gasteiger partial charge in [-0.25, -0.2) is 18.8 Å². The molecule has 0 aliphatic carbocycles. The summed E-state index contributed by atoms with van der Waals surface area (Å²) >= 11 is 3.47. The number of nitrogens with one attached hydrogen (secondary N) is 2. The van der Waals surface area contributed by atoms with E-state index in [4.69, 9.17) is 29.0 Å². The second-order valence-corrected chi connectivity index (χ2v) is 14.3. The van der Waals surface area contributed by atoms with Crippen molar-refractivity contribution in [3.05, 3.63) is 118 Å². The highest BCUT2D eigenvalue weighted by atomic mass is 79.9. The zero-order valence-corrected chi connectivity index (χ0v) is 29.5. The first kappa shape index (κ1) is 35.9. The van der Waals surface area contributed by atoms with Gasteiger partial charge in [0.1, 0.15) is 17.2 Å². The average Bonchev–Trinajstić information content (AvgIpc) is 3.52. The number of aliphatic hydroxyl groups is 1. The van der Waals surface area contributed by atoms with Crippen LogP contribution in [0.15, 0.2) is 111 Å². The Morgan fingerprint density at radius 2 is 1.61 bits per heavy atom. The summed E-state index contributed by atoms with van der Waals surface area (Å²) in [6.07, 6.45) is -0.659. The van der Waals surface area contributed by atoms with Crippen molar-refractivity contribution in [1.82, 2.24) is 10.9 Å². The highest BCUT2D eigenvalue weighted by Gasteiger charge is 2.53. The minimum Gasteiger partial charge on any atom is -0.497 e. The lowest BCUT2D eigenvalue weighted by atomic mass is 9.85. The van der Waals surface area contributed by atoms with Gasteiger partial charge in [-0.1, -0.05) is 46.3 Å². The number of carbonyl (C=O) groups is 1. The maximum Gasteiger partial charge on any atom is 0.266 e. The Bertz CT molecular complexity index is 1830. The van der Waals surface area contributed by atoms with Crippen LogP contribution in [-0.4, -0.2) is 64.1 Å². The van der Waals surface area contributed by atoms with Gasteiger partial charge in [0.25, 0.3) is 5.91 Å². The maximum absolute atomic E-state index is 14.4. The number of benzene rings is 4. The molecular formula is C36H38BrN3O8S. The molecule has 0 radical (unpaired) electrons. The monoisotopic (exact) mass is 751 g/mol. The number of amides is 1. The van der Waals surface area contributed by atoms with E-state index in [1.54, 1.807) is 74.9 Å². The Morgan fingerprint density at radius 1 is 0.939 bits per heavy atom. The number of hydrazine groups is 1. The lowest BCUT2D eigenvalue weighted by Crippen LogP contribution is -2.53. The van der Waals surface area contributed by atoms with Gasteiger partial charge < -0.3 is 24.1 Å². The Hall–Kier alpha value is -4.43. The largest absolute Gasteiger partial charge is 0.497 e. The molecule has 0 unspecified atom stereocenters. The van der Waals surface area contributed by atoms with E-state index in [1.807, 2.05) is 24.3 Å². The Balaban J connectivity index is 1.51. The van der Waals surface area contributed by atoms with Crippen LogP contribution in [-0.2, 0) is 25.9 Å². The van der Waals surface area contributed by atoms with E-state index in [-0.39, 0.29) is 36.1 Å². The fraction of sp³-hybridized carbons (Fsp3) is 0.278. The summed E-state index contributed by atoms with van der Waals surface area (Å²) < 4.78 is 50.9. The molecule has 5 rings (SSSR count). The number of halogens is 1. The molecule has 3 N–H and O–H groups in total. The first-order valence-corrected chi connectivity index (χ1v) is 18.0. The molecule has 4 aromatic rings. The van der Waals surface area contributed by atoms with E-state index in [0.717, 1.165) is 10.0 Å². The number of rotatable bonds is 16. The summed E-state index contributed by atoms with van der Waals surface area (Å²) in [6, 6.07) is 27.8. The van der Waals surface area contributed by atoms with E-state index in [2.05, 4.69) is 26.8 Å². The normalized spacial score (nSPS) is 17.1. The van der Waals surface area contributed by atoms with Crippen LogP contribution in [0.4, 0.5) is 0 Å². The summed E-state index contributed by atoms with van der Waals surface area (Å²) in [7, 11) is -0.699. The minimum atomic E-state index is -3.80. The number of hydrogen-bond acceptors (Lipinski definition) is 10. The topological polar surface area (TPSA) is 145 Å². The summed E-state index contributed by atoms with van der Waals surface area (Å²) in [6.45, 7) is 0.580. The van der Waals surface area contributed by atoms with Gasteiger partial charge in [0.15, 0.2) is 21.5 Å². The standard InChI is InChI=1S/C36H38BrN3O8S/c1-45-30-21-25(22-31(23-30)46-2)24-38-40-35(42)36(17-20-49(43,44)32-7-4-3-5-8-32)33(26-9-13-28(37)14-10-26)48-34(39-36)27-11-15-29(16-12-27)47-19-6-18-41/h3-5,7-16,21-23,33,38,41H,6,17-20,24H2,1-2H3,(H,40,42)/t33-,36-/m0/s1. The molecule has 0 aromatic heterocycles. The quantitative estimate of drug-likeness (QED) is 0.104. The minimum absolute atomic E-state index is 0.0207. The molecule has 0 saturated carbocycles. The maximum atomic E-state index is 14.4. The van der Waals surface area contributed by atoms with Crippen molar-refractivity contribution in [2.45, 2.75) is 35.9 Å². The van der Waals surface area contributed by atoms with Gasteiger partial charge in [0.2, 0.25) is 5.90 Å². The zero-order chi connectivity index (χ0) is 34.9. The average molecular weight is 753 g/mol. The predicted molar refractivity (Wildman–Crippen MR) is 189 cm³/mol. The van der Waals surface area contributed by atoms with Gasteiger partial charge in [-0.3, -0.25) is 10.2 Å². The molecule has 11 nitrogen and oxygen atoms in total. The number of aliphatic imine (C=N–C) groups is 1. The Morgan fingerprint density at radius 3 is 2.24 bits per heavy atom. The Kier molecular flexibility index (Phi) is 11.9. The van der Waals surface area contributed by atoms with Crippen LogP contribution in [0, 0.1) is 0 Å². The van der Waals surface area contributed by atoms with Gasteiger partial charge in [-0.05, 0) is 71.8 Å². The van der Waals surface area contributed by atoms with Gasteiger partial charge >= 0.3 is 0 Å². The summed E-state index contributed by atoms with van der Waals surface area (Å²) in [4.78, 5) is 19.5. The fourth-order valence-electron chi connectivity index (χ4n) is 5.35. The second kappa shape index (κ2) is 16.3. The molecule has 2 atom stereocenters. The molecule has 0 fully saturated rings. The molecule has 0 spiro atoms. The van der Waals surface area contributed by atoms with Crippen LogP contribution in [0.2, 0.25) is 0 Å². The molecule has 1 aliphatic heterocycles. The predicted octanol–water partition coefficient (Wildman–Crippen LogP) is 5.17. The summed E-state index contributed by atoms with van der Waals surface area (Å²) in [5.74, 6) is 1.00. The van der Waals surface area contributed by atoms with Crippen LogP contribution in [0.5, 0.6) is 17.2 Å². The third-order valence-corrected chi connectivity index (χ3v) is 10.2. The van der Waals surface area contributed by atoms with Gasteiger partial charge in [0, 0.05) is 42.1 Å². The molecule has 4 aromatic carbocycles.